The Labute approximate surface area is 154 Å². The highest BCUT2D eigenvalue weighted by Gasteiger charge is 2.42. The lowest BCUT2D eigenvalue weighted by molar-refractivity contribution is -0.136. The van der Waals surface area contributed by atoms with Crippen LogP contribution in [0.4, 0.5) is 0 Å². The predicted octanol–water partition coefficient (Wildman–Crippen LogP) is 0.578. The third-order valence-corrected chi connectivity index (χ3v) is 4.76. The number of rotatable bonds is 4. The maximum absolute atomic E-state index is 13.1. The Bertz CT molecular complexity index is 1000. The molecule has 1 unspecified atom stereocenters. The smallest absolute Gasteiger partial charge is 0.262 e. The minimum absolute atomic E-state index is 0.0736. The molecule has 4 rings (SSSR count). The minimum Gasteiger partial charge on any atom is -0.492 e. The van der Waals surface area contributed by atoms with Crippen molar-refractivity contribution in [3.8, 4) is 5.75 Å². The molecule has 0 aliphatic carbocycles. The largest absolute Gasteiger partial charge is 0.492 e. The first-order valence-corrected chi connectivity index (χ1v) is 8.62. The normalized spacial score (nSPS) is 19.4. The molecule has 2 aromatic carbocycles. The third kappa shape index (κ3) is 2.74. The van der Waals surface area contributed by atoms with Crippen molar-refractivity contribution in [2.75, 3.05) is 13.2 Å². The summed E-state index contributed by atoms with van der Waals surface area (Å²) < 4.78 is 5.56. The number of amides is 4. The van der Waals surface area contributed by atoms with Crippen LogP contribution in [0.15, 0.2) is 30.3 Å². The number of hydrogen-bond acceptors (Lipinski definition) is 6. The fraction of sp³-hybridized carbons (Fsp3) is 0.263. The van der Waals surface area contributed by atoms with E-state index in [0.29, 0.717) is 34.2 Å². The SMILES string of the molecule is NCCOc1cc2c3c(cccc3c1)C(=O)N(C1CCC(=O)NC1=O)C2=O. The average Bonchev–Trinajstić information content (AvgIpc) is 2.65. The van der Waals surface area contributed by atoms with Crippen molar-refractivity contribution in [1.29, 1.82) is 0 Å². The summed E-state index contributed by atoms with van der Waals surface area (Å²) in [5.74, 6) is -1.70. The van der Waals surface area contributed by atoms with Gasteiger partial charge in [0, 0.05) is 23.9 Å². The van der Waals surface area contributed by atoms with E-state index in [4.69, 9.17) is 10.5 Å². The Kier molecular flexibility index (Phi) is 4.12. The Hall–Kier alpha value is -3.26. The Morgan fingerprint density at radius 1 is 1.11 bits per heavy atom. The van der Waals surface area contributed by atoms with Gasteiger partial charge in [-0.3, -0.25) is 29.4 Å². The van der Waals surface area contributed by atoms with Crippen LogP contribution in [0.25, 0.3) is 10.8 Å². The molecule has 2 heterocycles. The highest BCUT2D eigenvalue weighted by molar-refractivity contribution is 6.27. The highest BCUT2D eigenvalue weighted by atomic mass is 16.5. The van der Waals surface area contributed by atoms with E-state index in [1.165, 1.54) is 0 Å². The molecule has 0 saturated carbocycles. The van der Waals surface area contributed by atoms with Crippen LogP contribution in [0.5, 0.6) is 5.75 Å². The van der Waals surface area contributed by atoms with Gasteiger partial charge in [0.15, 0.2) is 0 Å². The first-order chi connectivity index (χ1) is 13.0. The Balaban J connectivity index is 1.83. The highest BCUT2D eigenvalue weighted by Crippen LogP contribution is 2.35. The average molecular weight is 367 g/mol. The van der Waals surface area contributed by atoms with Crippen molar-refractivity contribution in [3.63, 3.8) is 0 Å². The second kappa shape index (κ2) is 6.48. The van der Waals surface area contributed by atoms with Gasteiger partial charge in [-0.25, -0.2) is 0 Å². The van der Waals surface area contributed by atoms with Crippen LogP contribution in [-0.4, -0.2) is 47.7 Å². The van der Waals surface area contributed by atoms with E-state index in [-0.39, 0.29) is 19.4 Å². The van der Waals surface area contributed by atoms with E-state index in [1.54, 1.807) is 30.3 Å². The molecular formula is C19H17N3O5. The van der Waals surface area contributed by atoms with Crippen molar-refractivity contribution < 1.29 is 23.9 Å². The van der Waals surface area contributed by atoms with Gasteiger partial charge in [-0.05, 0) is 30.0 Å². The van der Waals surface area contributed by atoms with Gasteiger partial charge in [-0.1, -0.05) is 12.1 Å². The zero-order valence-electron chi connectivity index (χ0n) is 14.4. The topological polar surface area (TPSA) is 119 Å². The molecule has 2 aliphatic heterocycles. The van der Waals surface area contributed by atoms with Crippen molar-refractivity contribution in [1.82, 2.24) is 10.2 Å². The number of ether oxygens (including phenoxy) is 1. The fourth-order valence-electron chi connectivity index (χ4n) is 3.57. The second-order valence-electron chi connectivity index (χ2n) is 6.46. The lowest BCUT2D eigenvalue weighted by Crippen LogP contribution is -2.57. The molecule has 8 heteroatoms. The van der Waals surface area contributed by atoms with Gasteiger partial charge in [0.25, 0.3) is 11.8 Å². The van der Waals surface area contributed by atoms with E-state index < -0.39 is 29.7 Å². The molecule has 4 amide bonds. The van der Waals surface area contributed by atoms with Gasteiger partial charge in [0.05, 0.1) is 5.56 Å². The van der Waals surface area contributed by atoms with E-state index in [9.17, 15) is 19.2 Å². The summed E-state index contributed by atoms with van der Waals surface area (Å²) in [6, 6.07) is 7.43. The monoisotopic (exact) mass is 367 g/mol. The lowest BCUT2D eigenvalue weighted by Gasteiger charge is -2.34. The summed E-state index contributed by atoms with van der Waals surface area (Å²) in [5.41, 5.74) is 6.11. The van der Waals surface area contributed by atoms with E-state index in [1.807, 2.05) is 0 Å². The van der Waals surface area contributed by atoms with E-state index >= 15 is 0 Å². The predicted molar refractivity (Wildman–Crippen MR) is 95.2 cm³/mol. The van der Waals surface area contributed by atoms with Crippen molar-refractivity contribution >= 4 is 34.4 Å². The quantitative estimate of drug-likeness (QED) is 0.763. The van der Waals surface area contributed by atoms with Crippen molar-refractivity contribution in [3.05, 3.63) is 41.5 Å². The molecule has 2 aromatic rings. The van der Waals surface area contributed by atoms with Gasteiger partial charge in [-0.15, -0.1) is 0 Å². The summed E-state index contributed by atoms with van der Waals surface area (Å²) in [5, 5.41) is 3.43. The van der Waals surface area contributed by atoms with Crippen LogP contribution in [0.3, 0.4) is 0 Å². The van der Waals surface area contributed by atoms with Crippen LogP contribution in [0, 0.1) is 0 Å². The van der Waals surface area contributed by atoms with E-state index in [2.05, 4.69) is 5.32 Å². The van der Waals surface area contributed by atoms with Crippen LogP contribution in [0.2, 0.25) is 0 Å². The van der Waals surface area contributed by atoms with Gasteiger partial charge in [0.1, 0.15) is 18.4 Å². The fourth-order valence-corrected chi connectivity index (χ4v) is 3.57. The lowest BCUT2D eigenvalue weighted by atomic mass is 9.91. The molecular weight excluding hydrogens is 350 g/mol. The molecule has 27 heavy (non-hydrogen) atoms. The number of nitrogens with zero attached hydrogens (tertiary/aromatic N) is 1. The zero-order valence-corrected chi connectivity index (χ0v) is 14.4. The number of carbonyl (C=O) groups is 4. The molecule has 1 atom stereocenters. The molecule has 0 radical (unpaired) electrons. The summed E-state index contributed by atoms with van der Waals surface area (Å²) in [7, 11) is 0. The Morgan fingerprint density at radius 3 is 2.63 bits per heavy atom. The molecule has 138 valence electrons. The van der Waals surface area contributed by atoms with Crippen LogP contribution < -0.4 is 15.8 Å². The number of imide groups is 2. The molecule has 8 nitrogen and oxygen atoms in total. The second-order valence-corrected chi connectivity index (χ2v) is 6.46. The summed E-state index contributed by atoms with van der Waals surface area (Å²) in [6.45, 7) is 0.608. The van der Waals surface area contributed by atoms with E-state index in [0.717, 1.165) is 4.90 Å². The maximum Gasteiger partial charge on any atom is 0.262 e. The maximum atomic E-state index is 13.1. The van der Waals surface area contributed by atoms with Gasteiger partial charge in [0.2, 0.25) is 11.8 Å². The first-order valence-electron chi connectivity index (χ1n) is 8.62. The number of hydrogen-bond donors (Lipinski definition) is 2. The summed E-state index contributed by atoms with van der Waals surface area (Å²) in [4.78, 5) is 50.7. The van der Waals surface area contributed by atoms with Crippen molar-refractivity contribution in [2.24, 2.45) is 5.73 Å². The number of benzene rings is 2. The minimum atomic E-state index is -1.01. The standard InChI is InChI=1S/C19H17N3O5/c20-6-7-27-11-8-10-2-1-3-12-16(10)13(9-11)19(26)22(18(12)25)14-4-5-15(23)21-17(14)24/h1-3,8-9,14H,4-7,20H2,(H,21,23,24). The molecule has 0 aromatic heterocycles. The van der Waals surface area contributed by atoms with Crippen LogP contribution in [0.1, 0.15) is 33.6 Å². The molecule has 0 spiro atoms. The molecule has 1 saturated heterocycles. The first kappa shape index (κ1) is 17.2. The number of nitrogens with two attached hydrogens (primary N) is 1. The van der Waals surface area contributed by atoms with Crippen LogP contribution >= 0.6 is 0 Å². The molecule has 2 aliphatic rings. The Morgan fingerprint density at radius 2 is 1.89 bits per heavy atom. The van der Waals surface area contributed by atoms with Crippen LogP contribution in [-0.2, 0) is 9.59 Å². The summed E-state index contributed by atoms with van der Waals surface area (Å²) >= 11 is 0. The molecule has 0 bridgehead atoms. The van der Waals surface area contributed by atoms with Gasteiger partial charge >= 0.3 is 0 Å². The number of piperidine rings is 1. The number of carbonyl (C=O) groups excluding carboxylic acids is 4. The van der Waals surface area contributed by atoms with Crippen molar-refractivity contribution in [2.45, 2.75) is 18.9 Å². The van der Waals surface area contributed by atoms with Gasteiger partial charge < -0.3 is 10.5 Å². The molecule has 1 fully saturated rings. The number of nitrogens with one attached hydrogen (secondary N) is 1. The third-order valence-electron chi connectivity index (χ3n) is 4.76. The zero-order chi connectivity index (χ0) is 19.1. The van der Waals surface area contributed by atoms with Gasteiger partial charge in [-0.2, -0.15) is 0 Å². The summed E-state index contributed by atoms with van der Waals surface area (Å²) in [6.07, 6.45) is 0.182. The molecule has 3 N–H and O–H groups in total.